The summed E-state index contributed by atoms with van der Waals surface area (Å²) in [7, 11) is 0. The van der Waals surface area contributed by atoms with Crippen molar-refractivity contribution in [3.05, 3.63) is 48.0 Å². The van der Waals surface area contributed by atoms with Gasteiger partial charge in [0.15, 0.2) is 0 Å². The number of amides is 1. The van der Waals surface area contributed by atoms with Gasteiger partial charge in [0, 0.05) is 10.6 Å². The van der Waals surface area contributed by atoms with Crippen LogP contribution in [-0.2, 0) is 11.2 Å². The van der Waals surface area contributed by atoms with Crippen molar-refractivity contribution in [3.8, 4) is 0 Å². The first kappa shape index (κ1) is 12.6. The maximum atomic E-state index is 11.4. The van der Waals surface area contributed by atoms with E-state index in [0.29, 0.717) is 11.8 Å². The Bertz CT molecular complexity index is 731. The number of para-hydroxylation sites is 1. The van der Waals surface area contributed by atoms with Crippen molar-refractivity contribution in [1.29, 1.82) is 0 Å². The molecule has 0 saturated carbocycles. The average molecular weight is 297 g/mol. The van der Waals surface area contributed by atoms with Gasteiger partial charge < -0.3 is 5.32 Å². The predicted molar refractivity (Wildman–Crippen MR) is 86.6 cm³/mol. The summed E-state index contributed by atoms with van der Waals surface area (Å²) in [5.41, 5.74) is 7.65. The Morgan fingerprint density at radius 1 is 1.29 bits per heavy atom. The first-order chi connectivity index (χ1) is 10.2. The molecule has 4 nitrogen and oxygen atoms in total. The van der Waals surface area contributed by atoms with Crippen molar-refractivity contribution in [1.82, 2.24) is 0 Å². The van der Waals surface area contributed by atoms with E-state index in [1.807, 2.05) is 30.0 Å². The van der Waals surface area contributed by atoms with Crippen LogP contribution in [0.3, 0.4) is 0 Å². The maximum Gasteiger partial charge on any atom is 0.228 e. The van der Waals surface area contributed by atoms with Crippen LogP contribution in [0.2, 0.25) is 0 Å². The van der Waals surface area contributed by atoms with Crippen LogP contribution in [0.25, 0.3) is 0 Å². The summed E-state index contributed by atoms with van der Waals surface area (Å²) in [4.78, 5) is 12.7. The van der Waals surface area contributed by atoms with Crippen molar-refractivity contribution in [2.45, 2.75) is 23.6 Å². The zero-order chi connectivity index (χ0) is 14.4. The van der Waals surface area contributed by atoms with Crippen LogP contribution < -0.4 is 15.8 Å². The van der Waals surface area contributed by atoms with Crippen molar-refractivity contribution in [3.63, 3.8) is 0 Å². The van der Waals surface area contributed by atoms with Crippen LogP contribution >= 0.6 is 11.8 Å². The molecule has 4 rings (SSSR count). The van der Waals surface area contributed by atoms with E-state index in [-0.39, 0.29) is 5.91 Å². The molecule has 0 fully saturated rings. The number of hydrazine groups is 1. The third-order valence-corrected chi connectivity index (χ3v) is 4.92. The number of nitrogens with zero attached hydrogens (tertiary/aromatic N) is 1. The molecule has 1 amide bonds. The fourth-order valence-corrected chi connectivity index (χ4v) is 3.86. The summed E-state index contributed by atoms with van der Waals surface area (Å²) in [5.74, 6) is 0.0672. The van der Waals surface area contributed by atoms with Gasteiger partial charge in [-0.2, -0.15) is 0 Å². The van der Waals surface area contributed by atoms with Gasteiger partial charge in [-0.05, 0) is 42.8 Å². The first-order valence-electron chi connectivity index (χ1n) is 6.95. The van der Waals surface area contributed by atoms with Crippen molar-refractivity contribution in [2.75, 3.05) is 15.8 Å². The number of thioether (sulfide) groups is 1. The number of carbonyl (C=O) groups excluding carboxylic acids is 1. The molecule has 0 spiro atoms. The number of carbonyl (C=O) groups is 1. The largest absolute Gasteiger partial charge is 0.326 e. The number of fused-ring (bicyclic) bond motifs is 2. The van der Waals surface area contributed by atoms with E-state index in [1.165, 1.54) is 10.6 Å². The van der Waals surface area contributed by atoms with Crippen molar-refractivity contribution < 1.29 is 4.79 Å². The highest BCUT2D eigenvalue weighted by Gasteiger charge is 2.27. The minimum absolute atomic E-state index is 0.0672. The quantitative estimate of drug-likeness (QED) is 0.891. The van der Waals surface area contributed by atoms with E-state index in [9.17, 15) is 4.79 Å². The zero-order valence-electron chi connectivity index (χ0n) is 11.6. The second kappa shape index (κ2) is 4.70. The highest BCUT2D eigenvalue weighted by atomic mass is 32.2. The Balaban J connectivity index is 1.62. The van der Waals surface area contributed by atoms with E-state index in [0.717, 1.165) is 16.9 Å². The summed E-state index contributed by atoms with van der Waals surface area (Å²) in [6, 6.07) is 14.4. The third-order valence-electron chi connectivity index (χ3n) is 3.77. The molecule has 5 heteroatoms. The predicted octanol–water partition coefficient (Wildman–Crippen LogP) is 3.47. The van der Waals surface area contributed by atoms with Crippen LogP contribution in [0, 0.1) is 0 Å². The van der Waals surface area contributed by atoms with E-state index >= 15 is 0 Å². The lowest BCUT2D eigenvalue weighted by molar-refractivity contribution is -0.115. The molecule has 2 aliphatic heterocycles. The molecular weight excluding hydrogens is 282 g/mol. The summed E-state index contributed by atoms with van der Waals surface area (Å²) < 4.78 is 0. The second-order valence-electron chi connectivity index (χ2n) is 5.26. The van der Waals surface area contributed by atoms with E-state index in [4.69, 9.17) is 0 Å². The lowest BCUT2D eigenvalue weighted by Gasteiger charge is -2.25. The summed E-state index contributed by atoms with van der Waals surface area (Å²) in [6.07, 6.45) is 0.464. The monoisotopic (exact) mass is 297 g/mol. The smallest absolute Gasteiger partial charge is 0.228 e. The Labute approximate surface area is 127 Å². The lowest BCUT2D eigenvalue weighted by Crippen LogP contribution is -2.32. The van der Waals surface area contributed by atoms with Crippen LogP contribution in [0.4, 0.5) is 17.1 Å². The molecular formula is C16H15N3OS. The molecule has 0 saturated heterocycles. The molecule has 106 valence electrons. The molecule has 0 aliphatic carbocycles. The molecule has 0 radical (unpaired) electrons. The molecule has 2 N–H and O–H groups in total. The molecule has 2 aromatic rings. The number of anilines is 3. The van der Waals surface area contributed by atoms with Crippen LogP contribution in [0.5, 0.6) is 0 Å². The number of nitrogens with one attached hydrogen (secondary N) is 2. The van der Waals surface area contributed by atoms with Gasteiger partial charge in [0.25, 0.3) is 0 Å². The highest BCUT2D eigenvalue weighted by molar-refractivity contribution is 8.00. The Morgan fingerprint density at radius 2 is 2.14 bits per heavy atom. The Hall–Kier alpha value is -2.14. The fourth-order valence-electron chi connectivity index (χ4n) is 2.78. The van der Waals surface area contributed by atoms with Gasteiger partial charge in [-0.15, -0.1) is 0 Å². The van der Waals surface area contributed by atoms with Crippen LogP contribution in [0.1, 0.15) is 12.5 Å². The SMILES string of the molecule is CC1Sc2ccccc2N1Nc1ccc2c(c1)CC(=O)N2. The van der Waals surface area contributed by atoms with Gasteiger partial charge in [-0.25, -0.2) is 0 Å². The zero-order valence-corrected chi connectivity index (χ0v) is 12.4. The average Bonchev–Trinajstić information content (AvgIpc) is 2.98. The number of rotatable bonds is 2. The summed E-state index contributed by atoms with van der Waals surface area (Å²) in [6.45, 7) is 2.18. The normalized spacial score (nSPS) is 19.2. The Kier molecular flexibility index (Phi) is 2.82. The van der Waals surface area contributed by atoms with Crippen LogP contribution in [-0.4, -0.2) is 11.3 Å². The van der Waals surface area contributed by atoms with Crippen molar-refractivity contribution in [2.24, 2.45) is 0 Å². The molecule has 0 aromatic heterocycles. The molecule has 2 heterocycles. The molecule has 1 unspecified atom stereocenters. The summed E-state index contributed by atoms with van der Waals surface area (Å²) in [5, 5.41) is 5.36. The van der Waals surface area contributed by atoms with Gasteiger partial charge in [0.2, 0.25) is 5.91 Å². The first-order valence-corrected chi connectivity index (χ1v) is 7.83. The lowest BCUT2D eigenvalue weighted by atomic mass is 10.1. The van der Waals surface area contributed by atoms with E-state index < -0.39 is 0 Å². The molecule has 21 heavy (non-hydrogen) atoms. The van der Waals surface area contributed by atoms with Gasteiger partial charge in [-0.1, -0.05) is 23.9 Å². The Morgan fingerprint density at radius 3 is 3.05 bits per heavy atom. The fraction of sp³-hybridized carbons (Fsp3) is 0.188. The highest BCUT2D eigenvalue weighted by Crippen LogP contribution is 2.42. The van der Waals surface area contributed by atoms with Gasteiger partial charge in [-0.3, -0.25) is 15.2 Å². The number of benzene rings is 2. The number of hydrogen-bond acceptors (Lipinski definition) is 4. The number of hydrogen-bond donors (Lipinski definition) is 2. The maximum absolute atomic E-state index is 11.4. The van der Waals surface area contributed by atoms with Crippen molar-refractivity contribution >= 4 is 34.7 Å². The standard InChI is InChI=1S/C16H15N3OS/c1-10-19(14-4-2-3-5-15(14)21-10)18-12-6-7-13-11(8-12)9-16(20)17-13/h2-8,10,18H,9H2,1H3,(H,17,20). The van der Waals surface area contributed by atoms with Crippen LogP contribution in [0.15, 0.2) is 47.4 Å². The molecule has 0 bridgehead atoms. The van der Waals surface area contributed by atoms with E-state index in [1.54, 1.807) is 0 Å². The minimum Gasteiger partial charge on any atom is -0.326 e. The minimum atomic E-state index is 0.0672. The molecule has 1 atom stereocenters. The summed E-state index contributed by atoms with van der Waals surface area (Å²) >= 11 is 1.84. The molecule has 2 aliphatic rings. The third kappa shape index (κ3) is 2.14. The van der Waals surface area contributed by atoms with Gasteiger partial charge in [0.1, 0.15) is 0 Å². The van der Waals surface area contributed by atoms with E-state index in [2.05, 4.69) is 46.9 Å². The topological polar surface area (TPSA) is 44.4 Å². The second-order valence-corrected chi connectivity index (χ2v) is 6.62. The van der Waals surface area contributed by atoms with Gasteiger partial charge in [0.05, 0.1) is 23.2 Å². The molecule has 2 aromatic carbocycles. The van der Waals surface area contributed by atoms with Gasteiger partial charge >= 0.3 is 0 Å².